The molecule has 0 saturated carbocycles. The Balaban J connectivity index is 1.78. The lowest BCUT2D eigenvalue weighted by molar-refractivity contribution is -0.122. The van der Waals surface area contributed by atoms with Crippen LogP contribution in [-0.2, 0) is 11.4 Å². The van der Waals surface area contributed by atoms with Gasteiger partial charge in [-0.3, -0.25) is 9.69 Å². The molecule has 1 fully saturated rings. The van der Waals surface area contributed by atoms with Crippen LogP contribution in [0.5, 0.6) is 11.5 Å². The monoisotopic (exact) mass is 448 g/mol. The first kappa shape index (κ1) is 22.0. The maximum Gasteiger partial charge on any atom is 0.329 e. The summed E-state index contributed by atoms with van der Waals surface area (Å²) in [6, 6.07) is 10.2. The minimum atomic E-state index is -0.403. The number of imide groups is 1. The van der Waals surface area contributed by atoms with Gasteiger partial charge in [0.05, 0.1) is 16.7 Å². The highest BCUT2D eigenvalue weighted by molar-refractivity contribution is 6.42. The van der Waals surface area contributed by atoms with Gasteiger partial charge >= 0.3 is 6.03 Å². The number of carbonyl (C=O) groups excluding carboxylic acids is 2. The van der Waals surface area contributed by atoms with Gasteiger partial charge in [-0.25, -0.2) is 4.79 Å². The Morgan fingerprint density at radius 1 is 1.00 bits per heavy atom. The van der Waals surface area contributed by atoms with Crippen molar-refractivity contribution in [3.8, 4) is 11.5 Å². The summed E-state index contributed by atoms with van der Waals surface area (Å²) in [5.74, 6) is 0.758. The number of ether oxygens (including phenoxy) is 2. The predicted octanol–water partition coefficient (Wildman–Crippen LogP) is 5.27. The zero-order valence-electron chi connectivity index (χ0n) is 16.7. The van der Waals surface area contributed by atoms with E-state index in [0.717, 1.165) is 5.56 Å². The predicted molar refractivity (Wildman–Crippen MR) is 117 cm³/mol. The Morgan fingerprint density at radius 3 is 2.50 bits per heavy atom. The fourth-order valence-electron chi connectivity index (χ4n) is 2.96. The van der Waals surface area contributed by atoms with Crippen molar-refractivity contribution in [1.82, 2.24) is 10.2 Å². The maximum atomic E-state index is 12.4. The van der Waals surface area contributed by atoms with Crippen molar-refractivity contribution in [3.05, 3.63) is 63.3 Å². The van der Waals surface area contributed by atoms with Crippen molar-refractivity contribution in [1.29, 1.82) is 0 Å². The lowest BCUT2D eigenvalue weighted by Crippen LogP contribution is -2.31. The van der Waals surface area contributed by atoms with E-state index in [2.05, 4.69) is 5.32 Å². The van der Waals surface area contributed by atoms with Crippen LogP contribution in [0.2, 0.25) is 10.0 Å². The molecule has 1 heterocycles. The molecule has 3 amide bonds. The number of halogens is 2. The second-order valence-electron chi connectivity index (χ2n) is 6.62. The van der Waals surface area contributed by atoms with Crippen molar-refractivity contribution in [2.45, 2.75) is 26.9 Å². The number of amides is 3. The van der Waals surface area contributed by atoms with Gasteiger partial charge in [0.1, 0.15) is 12.3 Å². The van der Waals surface area contributed by atoms with Gasteiger partial charge in [0.15, 0.2) is 11.5 Å². The highest BCUT2D eigenvalue weighted by atomic mass is 35.5. The molecule has 0 aromatic heterocycles. The SMILES string of the molecule is CCCN1C(=O)N/C(=C/c2ccc(OCc3ccc(Cl)c(Cl)c3)c(OCC)c2)C1=O. The lowest BCUT2D eigenvalue weighted by Gasteiger charge is -2.13. The number of hydrogen-bond acceptors (Lipinski definition) is 4. The summed E-state index contributed by atoms with van der Waals surface area (Å²) in [7, 11) is 0. The van der Waals surface area contributed by atoms with Gasteiger partial charge in [0, 0.05) is 6.54 Å². The minimum Gasteiger partial charge on any atom is -0.490 e. The molecule has 8 heteroatoms. The standard InChI is InChI=1S/C22H22Cl2N2O4/c1-3-9-26-21(27)18(25-22(26)28)11-14-6-8-19(20(12-14)29-4-2)30-13-15-5-7-16(23)17(24)10-15/h5-8,10-12H,3-4,9,13H2,1-2H3,(H,25,28)/b18-11+. The molecule has 1 N–H and O–H groups in total. The topological polar surface area (TPSA) is 67.9 Å². The van der Waals surface area contributed by atoms with E-state index < -0.39 is 6.03 Å². The van der Waals surface area contributed by atoms with Crippen LogP contribution >= 0.6 is 23.2 Å². The largest absolute Gasteiger partial charge is 0.490 e. The van der Waals surface area contributed by atoms with Gasteiger partial charge in [-0.2, -0.15) is 0 Å². The first-order valence-electron chi connectivity index (χ1n) is 9.61. The zero-order valence-corrected chi connectivity index (χ0v) is 18.2. The molecular weight excluding hydrogens is 427 g/mol. The Kier molecular flexibility index (Phi) is 7.24. The average Bonchev–Trinajstić information content (AvgIpc) is 2.98. The first-order chi connectivity index (χ1) is 14.4. The Hall–Kier alpha value is -2.70. The number of nitrogens with one attached hydrogen (secondary N) is 1. The molecule has 6 nitrogen and oxygen atoms in total. The normalized spacial score (nSPS) is 14.9. The van der Waals surface area contributed by atoms with Gasteiger partial charge < -0.3 is 14.8 Å². The van der Waals surface area contributed by atoms with Crippen LogP contribution in [0.1, 0.15) is 31.4 Å². The van der Waals surface area contributed by atoms with Gasteiger partial charge in [0.2, 0.25) is 0 Å². The molecule has 0 atom stereocenters. The van der Waals surface area contributed by atoms with E-state index in [9.17, 15) is 9.59 Å². The molecule has 0 unspecified atom stereocenters. The van der Waals surface area contributed by atoms with E-state index >= 15 is 0 Å². The van der Waals surface area contributed by atoms with Crippen LogP contribution < -0.4 is 14.8 Å². The summed E-state index contributed by atoms with van der Waals surface area (Å²) in [5, 5.41) is 3.56. The molecular formula is C22H22Cl2N2O4. The summed E-state index contributed by atoms with van der Waals surface area (Å²) in [6.45, 7) is 4.90. The molecule has 0 bridgehead atoms. The van der Waals surface area contributed by atoms with Gasteiger partial charge in [-0.05, 0) is 54.8 Å². The molecule has 1 aliphatic rings. The summed E-state index contributed by atoms with van der Waals surface area (Å²) in [6.07, 6.45) is 2.33. The maximum absolute atomic E-state index is 12.4. The number of hydrogen-bond donors (Lipinski definition) is 1. The summed E-state index contributed by atoms with van der Waals surface area (Å²) < 4.78 is 11.6. The second kappa shape index (κ2) is 9.87. The fraction of sp³-hybridized carbons (Fsp3) is 0.273. The molecule has 2 aromatic rings. The smallest absolute Gasteiger partial charge is 0.329 e. The van der Waals surface area contributed by atoms with Crippen LogP contribution in [0, 0.1) is 0 Å². The van der Waals surface area contributed by atoms with Crippen molar-refractivity contribution < 1.29 is 19.1 Å². The van der Waals surface area contributed by atoms with E-state index in [0.29, 0.717) is 46.7 Å². The van der Waals surface area contributed by atoms with E-state index in [1.165, 1.54) is 4.90 Å². The first-order valence-corrected chi connectivity index (χ1v) is 10.4. The third kappa shape index (κ3) is 5.07. The van der Waals surface area contributed by atoms with Crippen LogP contribution in [0.4, 0.5) is 4.79 Å². The molecule has 158 valence electrons. The number of carbonyl (C=O) groups is 2. The molecule has 2 aromatic carbocycles. The van der Waals surface area contributed by atoms with Crippen LogP contribution in [0.3, 0.4) is 0 Å². The summed E-state index contributed by atoms with van der Waals surface area (Å²) in [4.78, 5) is 25.5. The number of urea groups is 1. The summed E-state index contributed by atoms with van der Waals surface area (Å²) in [5.41, 5.74) is 1.82. The van der Waals surface area contributed by atoms with Crippen molar-refractivity contribution in [3.63, 3.8) is 0 Å². The Bertz CT molecular complexity index is 991. The van der Waals surface area contributed by atoms with Gasteiger partial charge in [-0.15, -0.1) is 0 Å². The van der Waals surface area contributed by atoms with Crippen molar-refractivity contribution >= 4 is 41.2 Å². The fourth-order valence-corrected chi connectivity index (χ4v) is 3.28. The zero-order chi connectivity index (χ0) is 21.7. The van der Waals surface area contributed by atoms with E-state index in [1.54, 1.807) is 36.4 Å². The quantitative estimate of drug-likeness (QED) is 0.440. The van der Waals surface area contributed by atoms with Gasteiger partial charge in [0.25, 0.3) is 5.91 Å². The number of benzene rings is 2. The molecule has 0 radical (unpaired) electrons. The minimum absolute atomic E-state index is 0.236. The van der Waals surface area contributed by atoms with Gasteiger partial charge in [-0.1, -0.05) is 42.3 Å². The van der Waals surface area contributed by atoms with Crippen LogP contribution in [-0.4, -0.2) is 30.0 Å². The third-order valence-corrected chi connectivity index (χ3v) is 5.11. The van der Waals surface area contributed by atoms with Crippen LogP contribution in [0.15, 0.2) is 42.1 Å². The van der Waals surface area contributed by atoms with E-state index in [-0.39, 0.29) is 18.2 Å². The molecule has 0 aliphatic carbocycles. The lowest BCUT2D eigenvalue weighted by atomic mass is 10.1. The van der Waals surface area contributed by atoms with E-state index in [1.807, 2.05) is 19.9 Å². The Morgan fingerprint density at radius 2 is 1.80 bits per heavy atom. The molecule has 3 rings (SSSR count). The summed E-state index contributed by atoms with van der Waals surface area (Å²) >= 11 is 12.0. The molecule has 30 heavy (non-hydrogen) atoms. The molecule has 0 spiro atoms. The highest BCUT2D eigenvalue weighted by Crippen LogP contribution is 2.31. The Labute approximate surface area is 185 Å². The van der Waals surface area contributed by atoms with E-state index in [4.69, 9.17) is 32.7 Å². The molecule has 1 saturated heterocycles. The molecule has 1 aliphatic heterocycles. The average molecular weight is 449 g/mol. The second-order valence-corrected chi connectivity index (χ2v) is 7.44. The number of nitrogens with zero attached hydrogens (tertiary/aromatic N) is 1. The van der Waals surface area contributed by atoms with Crippen molar-refractivity contribution in [2.75, 3.05) is 13.2 Å². The third-order valence-electron chi connectivity index (χ3n) is 4.37. The van der Waals surface area contributed by atoms with Crippen molar-refractivity contribution in [2.24, 2.45) is 0 Å². The highest BCUT2D eigenvalue weighted by Gasteiger charge is 2.32. The van der Waals surface area contributed by atoms with Crippen LogP contribution in [0.25, 0.3) is 6.08 Å². The number of rotatable bonds is 8.